The van der Waals surface area contributed by atoms with Gasteiger partial charge in [-0.25, -0.2) is 0 Å². The fourth-order valence-corrected chi connectivity index (χ4v) is 1.63. The first kappa shape index (κ1) is 12.1. The lowest BCUT2D eigenvalue weighted by molar-refractivity contribution is 0.0958. The van der Waals surface area contributed by atoms with E-state index in [1.165, 1.54) is 0 Å². The first-order valence-corrected chi connectivity index (χ1v) is 5.57. The Morgan fingerprint density at radius 1 is 1.50 bits per heavy atom. The number of methoxy groups -OCH3 is 1. The summed E-state index contributed by atoms with van der Waals surface area (Å²) in [5.74, 6) is 0.583. The number of fused-ring (bicyclic) bond motifs is 1. The Kier molecular flexibility index (Phi) is 3.57. The molecule has 0 aliphatic rings. The Balaban J connectivity index is 2.35. The number of pyridine rings is 1. The summed E-state index contributed by atoms with van der Waals surface area (Å²) >= 11 is 0. The molecule has 2 rings (SSSR count). The van der Waals surface area contributed by atoms with Crippen LogP contribution in [0, 0.1) is 0 Å². The zero-order valence-corrected chi connectivity index (χ0v) is 10.1. The molecule has 0 radical (unpaired) electrons. The lowest BCUT2D eigenvalue weighted by Crippen LogP contribution is -2.23. The number of ether oxygens (including phenoxy) is 1. The molecule has 0 aliphatic carbocycles. The number of rotatable bonds is 4. The maximum absolute atomic E-state index is 11.8. The van der Waals surface area contributed by atoms with E-state index in [0.29, 0.717) is 12.1 Å². The molecule has 1 aromatic heterocycles. The van der Waals surface area contributed by atoms with Gasteiger partial charge in [-0.15, -0.1) is 6.58 Å². The van der Waals surface area contributed by atoms with Gasteiger partial charge >= 0.3 is 0 Å². The number of nitrogens with one attached hydrogen (secondary N) is 1. The third-order valence-corrected chi connectivity index (χ3v) is 2.56. The highest BCUT2D eigenvalue weighted by atomic mass is 16.5. The number of aromatic nitrogens is 1. The highest BCUT2D eigenvalue weighted by Gasteiger charge is 2.06. The summed E-state index contributed by atoms with van der Waals surface area (Å²) in [5, 5.41) is 3.59. The van der Waals surface area contributed by atoms with Gasteiger partial charge in [-0.05, 0) is 24.3 Å². The largest absolute Gasteiger partial charge is 0.497 e. The fourth-order valence-electron chi connectivity index (χ4n) is 1.63. The van der Waals surface area contributed by atoms with E-state index < -0.39 is 0 Å². The summed E-state index contributed by atoms with van der Waals surface area (Å²) in [6.45, 7) is 3.99. The van der Waals surface area contributed by atoms with E-state index in [0.717, 1.165) is 16.7 Å². The minimum atomic E-state index is -0.160. The number of amides is 1. The molecule has 0 saturated heterocycles. The highest BCUT2D eigenvalue weighted by molar-refractivity contribution is 5.97. The van der Waals surface area contributed by atoms with E-state index in [1.54, 1.807) is 25.4 Å². The Morgan fingerprint density at radius 2 is 2.33 bits per heavy atom. The van der Waals surface area contributed by atoms with Crippen molar-refractivity contribution in [3.63, 3.8) is 0 Å². The van der Waals surface area contributed by atoms with Gasteiger partial charge in [0.05, 0.1) is 18.2 Å². The van der Waals surface area contributed by atoms with Crippen LogP contribution in [0.5, 0.6) is 5.75 Å². The standard InChI is InChI=1S/C14H14N2O2/c1-3-6-15-14(17)11-7-10-8-12(18-2)4-5-13(10)16-9-11/h3-5,7-9H,1,6H2,2H3,(H,15,17). The average Bonchev–Trinajstić information content (AvgIpc) is 2.43. The van der Waals surface area contributed by atoms with Gasteiger partial charge in [0.15, 0.2) is 0 Å². The van der Waals surface area contributed by atoms with Gasteiger partial charge in [0.25, 0.3) is 5.91 Å². The summed E-state index contributed by atoms with van der Waals surface area (Å²) in [5.41, 5.74) is 1.36. The Bertz CT molecular complexity index is 593. The van der Waals surface area contributed by atoms with Crippen LogP contribution in [0.1, 0.15) is 10.4 Å². The highest BCUT2D eigenvalue weighted by Crippen LogP contribution is 2.19. The van der Waals surface area contributed by atoms with Crippen molar-refractivity contribution in [2.24, 2.45) is 0 Å². The Morgan fingerprint density at radius 3 is 3.06 bits per heavy atom. The SMILES string of the molecule is C=CCNC(=O)c1cnc2ccc(OC)cc2c1. The smallest absolute Gasteiger partial charge is 0.253 e. The molecule has 1 amide bonds. The molecule has 1 heterocycles. The summed E-state index contributed by atoms with van der Waals surface area (Å²) in [4.78, 5) is 16.0. The zero-order chi connectivity index (χ0) is 13.0. The second-order valence-electron chi connectivity index (χ2n) is 3.78. The lowest BCUT2D eigenvalue weighted by Gasteiger charge is -2.05. The summed E-state index contributed by atoms with van der Waals surface area (Å²) in [6, 6.07) is 7.35. The number of carbonyl (C=O) groups excluding carboxylic acids is 1. The van der Waals surface area contributed by atoms with Gasteiger partial charge in [0.2, 0.25) is 0 Å². The van der Waals surface area contributed by atoms with Crippen LogP contribution in [0.4, 0.5) is 0 Å². The molecule has 0 fully saturated rings. The van der Waals surface area contributed by atoms with Crippen molar-refractivity contribution in [1.82, 2.24) is 10.3 Å². The van der Waals surface area contributed by atoms with E-state index in [2.05, 4.69) is 16.9 Å². The van der Waals surface area contributed by atoms with Crippen molar-refractivity contribution in [2.45, 2.75) is 0 Å². The van der Waals surface area contributed by atoms with E-state index in [4.69, 9.17) is 4.74 Å². The number of hydrogen-bond donors (Lipinski definition) is 1. The molecule has 1 aromatic carbocycles. The summed E-state index contributed by atoms with van der Waals surface area (Å²) in [6.07, 6.45) is 3.20. The quantitative estimate of drug-likeness (QED) is 0.836. The zero-order valence-electron chi connectivity index (χ0n) is 10.1. The molecule has 0 aliphatic heterocycles. The molecule has 4 heteroatoms. The molecule has 0 atom stereocenters. The van der Waals surface area contributed by atoms with E-state index in [9.17, 15) is 4.79 Å². The van der Waals surface area contributed by atoms with Crippen LogP contribution in [0.3, 0.4) is 0 Å². The third kappa shape index (κ3) is 2.48. The predicted octanol–water partition coefficient (Wildman–Crippen LogP) is 2.16. The number of carbonyl (C=O) groups is 1. The van der Waals surface area contributed by atoms with Gasteiger partial charge in [-0.1, -0.05) is 6.08 Å². The van der Waals surface area contributed by atoms with Crippen molar-refractivity contribution in [3.05, 3.63) is 48.7 Å². The van der Waals surface area contributed by atoms with Crippen LogP contribution >= 0.6 is 0 Å². The minimum Gasteiger partial charge on any atom is -0.497 e. The number of benzene rings is 1. The molecule has 0 unspecified atom stereocenters. The van der Waals surface area contributed by atoms with Crippen LogP contribution in [-0.2, 0) is 0 Å². The van der Waals surface area contributed by atoms with Crippen LogP contribution in [0.25, 0.3) is 10.9 Å². The molecular weight excluding hydrogens is 228 g/mol. The third-order valence-electron chi connectivity index (χ3n) is 2.56. The minimum absolute atomic E-state index is 0.160. The first-order chi connectivity index (χ1) is 8.74. The van der Waals surface area contributed by atoms with Gasteiger partial charge in [0, 0.05) is 18.1 Å². The van der Waals surface area contributed by atoms with Crippen LogP contribution < -0.4 is 10.1 Å². The molecule has 4 nitrogen and oxygen atoms in total. The van der Waals surface area contributed by atoms with Crippen molar-refractivity contribution in [2.75, 3.05) is 13.7 Å². The van der Waals surface area contributed by atoms with E-state index in [-0.39, 0.29) is 5.91 Å². The van der Waals surface area contributed by atoms with Gasteiger partial charge < -0.3 is 10.1 Å². The van der Waals surface area contributed by atoms with Crippen molar-refractivity contribution in [3.8, 4) is 5.75 Å². The molecule has 0 spiro atoms. The van der Waals surface area contributed by atoms with Gasteiger partial charge in [0.1, 0.15) is 5.75 Å². The fraction of sp³-hybridized carbons (Fsp3) is 0.143. The van der Waals surface area contributed by atoms with Crippen LogP contribution in [-0.4, -0.2) is 24.5 Å². The van der Waals surface area contributed by atoms with Crippen molar-refractivity contribution in [1.29, 1.82) is 0 Å². The number of hydrogen-bond acceptors (Lipinski definition) is 3. The molecule has 0 bridgehead atoms. The van der Waals surface area contributed by atoms with Crippen LogP contribution in [0.15, 0.2) is 43.1 Å². The van der Waals surface area contributed by atoms with E-state index >= 15 is 0 Å². The van der Waals surface area contributed by atoms with Crippen LogP contribution in [0.2, 0.25) is 0 Å². The topological polar surface area (TPSA) is 51.2 Å². The molecule has 92 valence electrons. The molecule has 2 aromatic rings. The summed E-state index contributed by atoms with van der Waals surface area (Å²) in [7, 11) is 1.61. The first-order valence-electron chi connectivity index (χ1n) is 5.57. The molecule has 1 N–H and O–H groups in total. The van der Waals surface area contributed by atoms with E-state index in [1.807, 2.05) is 18.2 Å². The van der Waals surface area contributed by atoms with Crippen molar-refractivity contribution >= 4 is 16.8 Å². The second-order valence-corrected chi connectivity index (χ2v) is 3.78. The average molecular weight is 242 g/mol. The normalized spacial score (nSPS) is 10.1. The monoisotopic (exact) mass is 242 g/mol. The molecule has 0 saturated carbocycles. The lowest BCUT2D eigenvalue weighted by atomic mass is 10.1. The summed E-state index contributed by atoms with van der Waals surface area (Å²) < 4.78 is 5.15. The molecular formula is C14H14N2O2. The van der Waals surface area contributed by atoms with Gasteiger partial charge in [-0.3, -0.25) is 9.78 Å². The van der Waals surface area contributed by atoms with Gasteiger partial charge in [-0.2, -0.15) is 0 Å². The maximum Gasteiger partial charge on any atom is 0.253 e. The predicted molar refractivity (Wildman–Crippen MR) is 70.8 cm³/mol. The maximum atomic E-state index is 11.8. The Hall–Kier alpha value is -2.36. The Labute approximate surface area is 105 Å². The molecule has 18 heavy (non-hydrogen) atoms. The number of nitrogens with zero attached hydrogens (tertiary/aromatic N) is 1. The second kappa shape index (κ2) is 5.31. The van der Waals surface area contributed by atoms with Crippen molar-refractivity contribution < 1.29 is 9.53 Å².